The molecule has 1 aromatic carbocycles. The number of nitrogens with one attached hydrogen (secondary N) is 1. The number of carbonyl (C=O) groups is 1. The number of benzene rings is 1. The van der Waals surface area contributed by atoms with E-state index in [1.807, 2.05) is 35.4 Å². The zero-order valence-electron chi connectivity index (χ0n) is 12.9. The third-order valence-corrected chi connectivity index (χ3v) is 4.11. The lowest BCUT2D eigenvalue weighted by Crippen LogP contribution is -2.51. The Labute approximate surface area is 131 Å². The van der Waals surface area contributed by atoms with Crippen LogP contribution in [-0.2, 0) is 0 Å². The molecule has 2 aliphatic rings. The maximum Gasteiger partial charge on any atom is 0.253 e. The number of hydrogen-bond acceptors (Lipinski definition) is 4. The fraction of sp³-hybridized carbons (Fsp3) is 0.353. The number of dihydropyridines is 1. The van der Waals surface area contributed by atoms with Crippen molar-refractivity contribution in [1.29, 1.82) is 0 Å². The maximum absolute atomic E-state index is 12.5. The summed E-state index contributed by atoms with van der Waals surface area (Å²) >= 11 is 0. The number of piperazine rings is 1. The second kappa shape index (κ2) is 6.34. The number of nitrogens with zero attached hydrogens (tertiary/aromatic N) is 2. The molecular weight excluding hydrogens is 276 g/mol. The molecule has 1 aromatic rings. The predicted octanol–water partition coefficient (Wildman–Crippen LogP) is 1.21. The molecular formula is C17H22N4O. The summed E-state index contributed by atoms with van der Waals surface area (Å²) in [5.74, 6) is 5.81. The van der Waals surface area contributed by atoms with Gasteiger partial charge in [0.2, 0.25) is 0 Å². The zero-order valence-corrected chi connectivity index (χ0v) is 12.9. The number of amides is 1. The van der Waals surface area contributed by atoms with E-state index in [9.17, 15) is 4.79 Å². The summed E-state index contributed by atoms with van der Waals surface area (Å²) in [5, 5.41) is 5.01. The number of hydrazine groups is 1. The molecule has 0 aromatic heterocycles. The quantitative estimate of drug-likeness (QED) is 0.806. The van der Waals surface area contributed by atoms with E-state index in [4.69, 9.17) is 5.84 Å². The minimum absolute atomic E-state index is 0.0853. The Morgan fingerprint density at radius 2 is 1.82 bits per heavy atom. The van der Waals surface area contributed by atoms with Crippen molar-refractivity contribution >= 4 is 11.5 Å². The van der Waals surface area contributed by atoms with Crippen molar-refractivity contribution in [3.05, 3.63) is 53.2 Å². The molecule has 3 N–H and O–H groups in total. The smallest absolute Gasteiger partial charge is 0.253 e. The van der Waals surface area contributed by atoms with Gasteiger partial charge in [0.15, 0.2) is 0 Å². The highest BCUT2D eigenvalue weighted by molar-refractivity contribution is 5.94. The van der Waals surface area contributed by atoms with Gasteiger partial charge in [-0.05, 0) is 30.2 Å². The van der Waals surface area contributed by atoms with Crippen LogP contribution in [0.15, 0.2) is 42.1 Å². The minimum atomic E-state index is 0.0853. The van der Waals surface area contributed by atoms with Crippen LogP contribution in [0.3, 0.4) is 0 Å². The molecule has 0 atom stereocenters. The summed E-state index contributed by atoms with van der Waals surface area (Å²) in [6.07, 6.45) is 4.19. The van der Waals surface area contributed by atoms with Gasteiger partial charge < -0.3 is 10.2 Å². The molecule has 2 heterocycles. The van der Waals surface area contributed by atoms with Crippen LogP contribution in [-0.4, -0.2) is 48.5 Å². The van der Waals surface area contributed by atoms with Crippen molar-refractivity contribution in [1.82, 2.24) is 15.2 Å². The summed E-state index contributed by atoms with van der Waals surface area (Å²) in [6, 6.07) is 7.83. The highest BCUT2D eigenvalue weighted by atomic mass is 16.2. The van der Waals surface area contributed by atoms with Gasteiger partial charge in [-0.15, -0.1) is 0 Å². The molecule has 5 nitrogen and oxygen atoms in total. The summed E-state index contributed by atoms with van der Waals surface area (Å²) in [4.78, 5) is 14.3. The van der Waals surface area contributed by atoms with Crippen LogP contribution >= 0.6 is 0 Å². The molecule has 22 heavy (non-hydrogen) atoms. The average molecular weight is 298 g/mol. The first-order chi connectivity index (χ1) is 10.6. The molecule has 0 aliphatic carbocycles. The van der Waals surface area contributed by atoms with Gasteiger partial charge in [0.05, 0.1) is 0 Å². The first kappa shape index (κ1) is 14.8. The second-order valence-corrected chi connectivity index (χ2v) is 5.88. The van der Waals surface area contributed by atoms with Gasteiger partial charge in [0, 0.05) is 44.5 Å². The van der Waals surface area contributed by atoms with Gasteiger partial charge in [0.1, 0.15) is 0 Å². The van der Waals surface area contributed by atoms with Gasteiger partial charge in [-0.2, -0.15) is 0 Å². The first-order valence-corrected chi connectivity index (χ1v) is 7.63. The summed E-state index contributed by atoms with van der Waals surface area (Å²) in [7, 11) is 0. The van der Waals surface area contributed by atoms with E-state index in [0.717, 1.165) is 36.3 Å². The highest BCUT2D eigenvalue weighted by Gasteiger charge is 2.20. The van der Waals surface area contributed by atoms with E-state index in [1.165, 1.54) is 5.57 Å². The Kier molecular flexibility index (Phi) is 4.27. The first-order valence-electron chi connectivity index (χ1n) is 7.63. The topological polar surface area (TPSA) is 61.6 Å². The van der Waals surface area contributed by atoms with Crippen molar-refractivity contribution in [3.8, 4) is 0 Å². The molecule has 1 amide bonds. The van der Waals surface area contributed by atoms with Crippen molar-refractivity contribution in [3.63, 3.8) is 0 Å². The fourth-order valence-electron chi connectivity index (χ4n) is 2.76. The van der Waals surface area contributed by atoms with E-state index in [2.05, 4.69) is 18.3 Å². The largest absolute Gasteiger partial charge is 0.387 e. The van der Waals surface area contributed by atoms with Crippen LogP contribution in [0.5, 0.6) is 0 Å². The Balaban J connectivity index is 1.71. The Morgan fingerprint density at radius 3 is 2.45 bits per heavy atom. The molecule has 5 heteroatoms. The van der Waals surface area contributed by atoms with E-state index in [-0.39, 0.29) is 5.91 Å². The van der Waals surface area contributed by atoms with Crippen molar-refractivity contribution in [2.75, 3.05) is 32.7 Å². The lowest BCUT2D eigenvalue weighted by Gasteiger charge is -2.32. The van der Waals surface area contributed by atoms with E-state index in [1.54, 1.807) is 5.01 Å². The van der Waals surface area contributed by atoms with Crippen molar-refractivity contribution < 1.29 is 4.79 Å². The zero-order chi connectivity index (χ0) is 15.5. The Morgan fingerprint density at radius 1 is 1.14 bits per heavy atom. The minimum Gasteiger partial charge on any atom is -0.387 e. The molecule has 0 bridgehead atoms. The molecule has 0 spiro atoms. The van der Waals surface area contributed by atoms with Crippen LogP contribution < -0.4 is 11.2 Å². The van der Waals surface area contributed by atoms with Gasteiger partial charge in [-0.3, -0.25) is 10.6 Å². The Bertz CT molecular complexity index is 610. The number of rotatable bonds is 2. The maximum atomic E-state index is 12.5. The standard InChI is InChI=1S/C17H22N4O/c1-13-10-16(12-19-11-13)14-2-4-15(5-3-14)17(22)20-6-8-21(18)9-7-20/h2-5,10,12,19H,6-9,11,18H2,1H3. The molecule has 3 rings (SSSR count). The molecule has 0 radical (unpaired) electrons. The van der Waals surface area contributed by atoms with Crippen LogP contribution in [0.2, 0.25) is 0 Å². The fourth-order valence-corrected chi connectivity index (χ4v) is 2.76. The van der Waals surface area contributed by atoms with Gasteiger partial charge in [-0.1, -0.05) is 23.8 Å². The van der Waals surface area contributed by atoms with Crippen LogP contribution in [0.4, 0.5) is 0 Å². The Hall–Kier alpha value is -2.11. The number of allylic oxidation sites excluding steroid dienone is 2. The van der Waals surface area contributed by atoms with Crippen molar-refractivity contribution in [2.45, 2.75) is 6.92 Å². The molecule has 2 aliphatic heterocycles. The molecule has 0 saturated carbocycles. The normalized spacial score (nSPS) is 19.3. The third kappa shape index (κ3) is 3.21. The highest BCUT2D eigenvalue weighted by Crippen LogP contribution is 2.20. The molecule has 0 unspecified atom stereocenters. The van der Waals surface area contributed by atoms with E-state index >= 15 is 0 Å². The predicted molar refractivity (Wildman–Crippen MR) is 87.8 cm³/mol. The van der Waals surface area contributed by atoms with Crippen LogP contribution in [0.25, 0.3) is 5.57 Å². The molecule has 1 saturated heterocycles. The number of carbonyl (C=O) groups excluding carboxylic acids is 1. The summed E-state index contributed by atoms with van der Waals surface area (Å²) in [6.45, 7) is 5.84. The van der Waals surface area contributed by atoms with Gasteiger partial charge in [0.25, 0.3) is 5.91 Å². The monoisotopic (exact) mass is 298 g/mol. The summed E-state index contributed by atoms with van der Waals surface area (Å²) in [5.41, 5.74) is 4.31. The second-order valence-electron chi connectivity index (χ2n) is 5.88. The van der Waals surface area contributed by atoms with E-state index < -0.39 is 0 Å². The van der Waals surface area contributed by atoms with Gasteiger partial charge in [-0.25, -0.2) is 5.01 Å². The molecule has 116 valence electrons. The number of nitrogens with two attached hydrogens (primary N) is 1. The van der Waals surface area contributed by atoms with E-state index in [0.29, 0.717) is 13.1 Å². The SMILES string of the molecule is CC1=CC(c2ccc(C(=O)N3CCN(N)CC3)cc2)=CNC1. The number of hydrogen-bond donors (Lipinski definition) is 2. The summed E-state index contributed by atoms with van der Waals surface area (Å²) < 4.78 is 0. The lowest BCUT2D eigenvalue weighted by molar-refractivity contribution is 0.0638. The lowest BCUT2D eigenvalue weighted by atomic mass is 10.0. The average Bonchev–Trinajstić information content (AvgIpc) is 2.55. The van der Waals surface area contributed by atoms with Crippen molar-refractivity contribution in [2.24, 2.45) is 5.84 Å². The molecule has 1 fully saturated rings. The van der Waals surface area contributed by atoms with Crippen LogP contribution in [0.1, 0.15) is 22.8 Å². The third-order valence-electron chi connectivity index (χ3n) is 4.11. The van der Waals surface area contributed by atoms with Gasteiger partial charge >= 0.3 is 0 Å². The van der Waals surface area contributed by atoms with Crippen LogP contribution in [0, 0.1) is 0 Å².